The SMILES string of the molecule is COC(=O)c1cc(NCC(C)C2CC2)c(F)cc1N. The van der Waals surface area contributed by atoms with Crippen LogP contribution in [0.2, 0.25) is 0 Å². The van der Waals surface area contributed by atoms with E-state index < -0.39 is 11.8 Å². The molecule has 1 aromatic carbocycles. The Morgan fingerprint density at radius 3 is 2.84 bits per heavy atom. The Hall–Kier alpha value is -1.78. The van der Waals surface area contributed by atoms with Gasteiger partial charge in [-0.05, 0) is 36.8 Å². The topological polar surface area (TPSA) is 64.3 Å². The van der Waals surface area contributed by atoms with Gasteiger partial charge in [0.2, 0.25) is 0 Å². The molecule has 4 nitrogen and oxygen atoms in total. The van der Waals surface area contributed by atoms with E-state index in [1.165, 1.54) is 26.0 Å². The molecule has 3 N–H and O–H groups in total. The van der Waals surface area contributed by atoms with Gasteiger partial charge in [-0.2, -0.15) is 0 Å². The molecule has 5 heteroatoms. The first kappa shape index (κ1) is 13.6. The number of rotatable bonds is 5. The Morgan fingerprint density at radius 1 is 1.58 bits per heavy atom. The second kappa shape index (κ2) is 5.47. The fraction of sp³-hybridized carbons (Fsp3) is 0.500. The lowest BCUT2D eigenvalue weighted by Gasteiger charge is -2.14. The van der Waals surface area contributed by atoms with E-state index in [-0.39, 0.29) is 11.3 Å². The number of benzene rings is 1. The smallest absolute Gasteiger partial charge is 0.340 e. The van der Waals surface area contributed by atoms with Crippen molar-refractivity contribution in [2.45, 2.75) is 19.8 Å². The van der Waals surface area contributed by atoms with Gasteiger partial charge in [0.15, 0.2) is 0 Å². The molecule has 0 heterocycles. The molecule has 1 aliphatic carbocycles. The monoisotopic (exact) mass is 266 g/mol. The molecule has 0 spiro atoms. The number of hydrogen-bond acceptors (Lipinski definition) is 4. The summed E-state index contributed by atoms with van der Waals surface area (Å²) in [5.41, 5.74) is 6.18. The lowest BCUT2D eigenvalue weighted by molar-refractivity contribution is 0.0602. The van der Waals surface area contributed by atoms with Crippen LogP contribution in [0, 0.1) is 17.7 Å². The quantitative estimate of drug-likeness (QED) is 0.635. The van der Waals surface area contributed by atoms with E-state index in [4.69, 9.17) is 5.73 Å². The minimum Gasteiger partial charge on any atom is -0.465 e. The Kier molecular flexibility index (Phi) is 3.93. The number of anilines is 2. The van der Waals surface area contributed by atoms with E-state index in [1.807, 2.05) is 0 Å². The normalized spacial score (nSPS) is 15.9. The summed E-state index contributed by atoms with van der Waals surface area (Å²) in [5, 5.41) is 3.04. The fourth-order valence-corrected chi connectivity index (χ4v) is 2.11. The van der Waals surface area contributed by atoms with Crippen LogP contribution in [0.5, 0.6) is 0 Å². The Balaban J connectivity index is 2.12. The highest BCUT2D eigenvalue weighted by molar-refractivity contribution is 5.96. The molecule has 2 rings (SSSR count). The van der Waals surface area contributed by atoms with Gasteiger partial charge >= 0.3 is 5.97 Å². The third-order valence-electron chi connectivity index (χ3n) is 3.59. The molecule has 19 heavy (non-hydrogen) atoms. The Labute approximate surface area is 112 Å². The highest BCUT2D eigenvalue weighted by atomic mass is 19.1. The van der Waals surface area contributed by atoms with Gasteiger partial charge in [-0.3, -0.25) is 0 Å². The Morgan fingerprint density at radius 2 is 2.26 bits per heavy atom. The van der Waals surface area contributed by atoms with Crippen molar-refractivity contribution in [1.82, 2.24) is 0 Å². The predicted molar refractivity (Wildman–Crippen MR) is 72.5 cm³/mol. The molecule has 1 saturated carbocycles. The van der Waals surface area contributed by atoms with Crippen molar-refractivity contribution >= 4 is 17.3 Å². The van der Waals surface area contributed by atoms with Crippen LogP contribution < -0.4 is 11.1 Å². The number of halogens is 1. The van der Waals surface area contributed by atoms with Crippen molar-refractivity contribution in [2.75, 3.05) is 24.7 Å². The number of carbonyl (C=O) groups is 1. The van der Waals surface area contributed by atoms with Crippen LogP contribution in [0.3, 0.4) is 0 Å². The van der Waals surface area contributed by atoms with Crippen molar-refractivity contribution in [3.05, 3.63) is 23.5 Å². The maximum Gasteiger partial charge on any atom is 0.340 e. The highest BCUT2D eigenvalue weighted by Crippen LogP contribution is 2.36. The summed E-state index contributed by atoms with van der Waals surface area (Å²) >= 11 is 0. The summed E-state index contributed by atoms with van der Waals surface area (Å²) in [7, 11) is 1.27. The molecule has 1 unspecified atom stereocenters. The molecule has 0 aliphatic heterocycles. The molecule has 1 aromatic rings. The second-order valence-electron chi connectivity index (χ2n) is 5.11. The van der Waals surface area contributed by atoms with Crippen LogP contribution in [0.4, 0.5) is 15.8 Å². The zero-order valence-corrected chi connectivity index (χ0v) is 11.2. The predicted octanol–water partition coefficient (Wildman–Crippen LogP) is 2.65. The van der Waals surface area contributed by atoms with E-state index in [0.717, 1.165) is 12.0 Å². The first-order chi connectivity index (χ1) is 9.02. The first-order valence-corrected chi connectivity index (χ1v) is 6.44. The summed E-state index contributed by atoms with van der Waals surface area (Å²) < 4.78 is 18.4. The summed E-state index contributed by atoms with van der Waals surface area (Å²) in [5.74, 6) is 0.229. The van der Waals surface area contributed by atoms with Crippen LogP contribution in [-0.2, 0) is 4.74 Å². The largest absolute Gasteiger partial charge is 0.465 e. The van der Waals surface area contributed by atoms with Crippen LogP contribution in [0.1, 0.15) is 30.1 Å². The van der Waals surface area contributed by atoms with Crippen molar-refractivity contribution in [3.8, 4) is 0 Å². The zero-order valence-electron chi connectivity index (χ0n) is 11.2. The molecular weight excluding hydrogens is 247 g/mol. The van der Waals surface area contributed by atoms with Gasteiger partial charge in [0, 0.05) is 12.2 Å². The summed E-state index contributed by atoms with van der Waals surface area (Å²) in [4.78, 5) is 11.5. The third-order valence-corrected chi connectivity index (χ3v) is 3.59. The van der Waals surface area contributed by atoms with E-state index in [1.54, 1.807) is 0 Å². The van der Waals surface area contributed by atoms with Gasteiger partial charge < -0.3 is 15.8 Å². The molecule has 1 aliphatic rings. The van der Waals surface area contributed by atoms with E-state index >= 15 is 0 Å². The van der Waals surface area contributed by atoms with Gasteiger partial charge in [-0.1, -0.05) is 6.92 Å². The van der Waals surface area contributed by atoms with E-state index in [2.05, 4.69) is 17.0 Å². The van der Waals surface area contributed by atoms with Gasteiger partial charge in [-0.15, -0.1) is 0 Å². The van der Waals surface area contributed by atoms with Crippen molar-refractivity contribution in [1.29, 1.82) is 0 Å². The summed E-state index contributed by atoms with van der Waals surface area (Å²) in [6, 6.07) is 2.56. The number of methoxy groups -OCH3 is 1. The number of nitrogen functional groups attached to an aromatic ring is 1. The van der Waals surface area contributed by atoms with Gasteiger partial charge in [0.05, 0.1) is 18.4 Å². The molecule has 0 radical (unpaired) electrons. The molecular formula is C14H19FN2O2. The Bertz CT molecular complexity index is 487. The van der Waals surface area contributed by atoms with Crippen molar-refractivity contribution in [2.24, 2.45) is 11.8 Å². The standard InChI is InChI=1S/C14H19FN2O2/c1-8(9-3-4-9)7-17-13-5-10(14(18)19-2)12(16)6-11(13)15/h5-6,8-9,17H,3-4,7,16H2,1-2H3. The van der Waals surface area contributed by atoms with E-state index in [0.29, 0.717) is 18.2 Å². The average Bonchev–Trinajstić information content (AvgIpc) is 3.20. The van der Waals surface area contributed by atoms with Crippen LogP contribution >= 0.6 is 0 Å². The number of nitrogens with two attached hydrogens (primary N) is 1. The molecule has 0 saturated heterocycles. The van der Waals surface area contributed by atoms with Crippen molar-refractivity contribution in [3.63, 3.8) is 0 Å². The minimum absolute atomic E-state index is 0.0881. The van der Waals surface area contributed by atoms with Crippen LogP contribution in [0.25, 0.3) is 0 Å². The number of esters is 1. The highest BCUT2D eigenvalue weighted by Gasteiger charge is 2.27. The maximum atomic E-state index is 13.8. The lowest BCUT2D eigenvalue weighted by atomic mass is 10.1. The maximum absolute atomic E-state index is 13.8. The molecule has 0 aromatic heterocycles. The van der Waals surface area contributed by atoms with Crippen molar-refractivity contribution < 1.29 is 13.9 Å². The number of nitrogens with one attached hydrogen (secondary N) is 1. The number of hydrogen-bond donors (Lipinski definition) is 2. The molecule has 1 fully saturated rings. The average molecular weight is 266 g/mol. The van der Waals surface area contributed by atoms with Crippen LogP contribution in [-0.4, -0.2) is 19.6 Å². The third kappa shape index (κ3) is 3.16. The molecule has 104 valence electrons. The summed E-state index contributed by atoms with van der Waals surface area (Å²) in [6.45, 7) is 2.83. The van der Waals surface area contributed by atoms with Crippen LogP contribution in [0.15, 0.2) is 12.1 Å². The van der Waals surface area contributed by atoms with Gasteiger partial charge in [0.25, 0.3) is 0 Å². The van der Waals surface area contributed by atoms with Gasteiger partial charge in [-0.25, -0.2) is 9.18 Å². The molecule has 0 bridgehead atoms. The van der Waals surface area contributed by atoms with Gasteiger partial charge in [0.1, 0.15) is 5.82 Å². The second-order valence-corrected chi connectivity index (χ2v) is 5.11. The number of ether oxygens (including phenoxy) is 1. The number of carbonyl (C=O) groups excluding carboxylic acids is 1. The molecule has 1 atom stereocenters. The lowest BCUT2D eigenvalue weighted by Crippen LogP contribution is -2.15. The van der Waals surface area contributed by atoms with E-state index in [9.17, 15) is 9.18 Å². The molecule has 0 amide bonds. The zero-order chi connectivity index (χ0) is 14.0. The first-order valence-electron chi connectivity index (χ1n) is 6.44. The minimum atomic E-state index is -0.559. The fourth-order valence-electron chi connectivity index (χ4n) is 2.11. The summed E-state index contributed by atoms with van der Waals surface area (Å²) in [6.07, 6.45) is 2.50.